The maximum absolute atomic E-state index is 14.3. The van der Waals surface area contributed by atoms with E-state index in [1.165, 1.54) is 16.3 Å². The number of morpholine rings is 1. The fourth-order valence-electron chi connectivity index (χ4n) is 9.84. The lowest BCUT2D eigenvalue weighted by Gasteiger charge is -2.36. The van der Waals surface area contributed by atoms with Crippen LogP contribution in [-0.2, 0) is 25.5 Å². The number of hydrogen-bond acceptors (Lipinski definition) is 11. The minimum Gasteiger partial charge on any atom is -0.378 e. The minimum atomic E-state index is -2.85. The summed E-state index contributed by atoms with van der Waals surface area (Å²) >= 11 is 0. The molecule has 2 N–H and O–H groups in total. The maximum atomic E-state index is 14.3. The Hall–Kier alpha value is -5.33. The van der Waals surface area contributed by atoms with Crippen LogP contribution in [-0.4, -0.2) is 115 Å². The highest BCUT2D eigenvalue weighted by molar-refractivity contribution is 6.08. The van der Waals surface area contributed by atoms with Gasteiger partial charge in [-0.2, -0.15) is 15.3 Å². The first-order valence-corrected chi connectivity index (χ1v) is 22.1. The summed E-state index contributed by atoms with van der Waals surface area (Å²) < 4.78 is 45.4. The van der Waals surface area contributed by atoms with Gasteiger partial charge >= 0.3 is 0 Å². The molecule has 18 heteroatoms. The van der Waals surface area contributed by atoms with Crippen LogP contribution < -0.4 is 15.5 Å². The standard InChI is InChI=1S/C44H55F2N11O5/c1-27-26-61-22-20-54(27)37-16-19-55-42(49-37)33(23-47-55)43(59)48-34-25-56(52-40(34)41(45)46)31-10-8-29(9-11-31)24-53-17-14-32(15-18-53)62-21-4-6-30-5-3-7-35-39(30)28(2)51-57(35)36-12-13-38(58)50-44(36)60/h3,5,7,16,19,23,25,27,29,31-32,36,41H,4,6,8-15,17-18,20-22,24,26H2,1-2H3,(H,48,59)(H,50,58,60)/t27-,29?,31?,36?/m1/s1. The number of hydrogen-bond donors (Lipinski definition) is 2. The number of carbonyl (C=O) groups excluding carboxylic acids is 3. The molecule has 4 aromatic heterocycles. The summed E-state index contributed by atoms with van der Waals surface area (Å²) in [6, 6.07) is 7.57. The highest BCUT2D eigenvalue weighted by Crippen LogP contribution is 2.36. The van der Waals surface area contributed by atoms with Crippen molar-refractivity contribution in [2.75, 3.05) is 56.2 Å². The van der Waals surface area contributed by atoms with E-state index < -0.39 is 24.1 Å². The maximum Gasteiger partial charge on any atom is 0.284 e. The summed E-state index contributed by atoms with van der Waals surface area (Å²) in [7, 11) is 0. The quantitative estimate of drug-likeness (QED) is 0.108. The van der Waals surface area contributed by atoms with Crippen LogP contribution in [0.25, 0.3) is 16.6 Å². The zero-order valence-corrected chi connectivity index (χ0v) is 35.3. The Morgan fingerprint density at radius 2 is 1.87 bits per heavy atom. The summed E-state index contributed by atoms with van der Waals surface area (Å²) in [5.74, 6) is 0.116. The van der Waals surface area contributed by atoms with Gasteiger partial charge in [0.05, 0.1) is 54.5 Å². The van der Waals surface area contributed by atoms with Gasteiger partial charge in [-0.3, -0.25) is 29.1 Å². The molecule has 1 aromatic carbocycles. The smallest absolute Gasteiger partial charge is 0.284 e. The van der Waals surface area contributed by atoms with Gasteiger partial charge in [0.1, 0.15) is 17.4 Å². The molecule has 0 radical (unpaired) electrons. The summed E-state index contributed by atoms with van der Waals surface area (Å²) in [4.78, 5) is 47.2. The summed E-state index contributed by atoms with van der Waals surface area (Å²) in [5.41, 5.74) is 3.08. The van der Waals surface area contributed by atoms with Crippen molar-refractivity contribution in [2.24, 2.45) is 5.92 Å². The van der Waals surface area contributed by atoms with E-state index in [1.807, 2.05) is 32.0 Å². The van der Waals surface area contributed by atoms with Gasteiger partial charge in [0.2, 0.25) is 5.91 Å². The molecule has 4 aliphatic rings. The van der Waals surface area contributed by atoms with Crippen LogP contribution in [0, 0.1) is 12.8 Å². The van der Waals surface area contributed by atoms with Gasteiger partial charge in [-0.1, -0.05) is 12.1 Å². The molecule has 1 aliphatic carbocycles. The number of rotatable bonds is 13. The van der Waals surface area contributed by atoms with E-state index in [0.29, 0.717) is 56.6 Å². The van der Waals surface area contributed by atoms with E-state index >= 15 is 0 Å². The lowest BCUT2D eigenvalue weighted by Crippen LogP contribution is -2.44. The third-order valence-electron chi connectivity index (χ3n) is 13.2. The van der Waals surface area contributed by atoms with E-state index in [1.54, 1.807) is 21.8 Å². The molecule has 3 amide bonds. The second kappa shape index (κ2) is 18.2. The van der Waals surface area contributed by atoms with Gasteiger partial charge in [-0.25, -0.2) is 18.3 Å². The average molecular weight is 856 g/mol. The number of imide groups is 1. The molecule has 7 heterocycles. The predicted molar refractivity (Wildman–Crippen MR) is 226 cm³/mol. The first kappa shape index (κ1) is 42.0. The number of piperidine rings is 2. The van der Waals surface area contributed by atoms with Crippen molar-refractivity contribution in [3.63, 3.8) is 0 Å². The third kappa shape index (κ3) is 8.81. The molecule has 0 bridgehead atoms. The largest absolute Gasteiger partial charge is 0.378 e. The van der Waals surface area contributed by atoms with Gasteiger partial charge in [-0.05, 0) is 95.2 Å². The number of ether oxygens (including phenoxy) is 2. The Morgan fingerprint density at radius 3 is 2.65 bits per heavy atom. The number of nitrogens with one attached hydrogen (secondary N) is 2. The average Bonchev–Trinajstić information content (AvgIpc) is 3.99. The summed E-state index contributed by atoms with van der Waals surface area (Å²) in [5, 5.41) is 19.5. The molecule has 3 aliphatic heterocycles. The van der Waals surface area contributed by atoms with Crippen LogP contribution in [0.1, 0.15) is 111 Å². The molecule has 4 fully saturated rings. The molecule has 3 saturated heterocycles. The van der Waals surface area contributed by atoms with Crippen molar-refractivity contribution in [1.82, 2.24) is 44.4 Å². The molecule has 0 spiro atoms. The number of aromatic nitrogens is 7. The number of alkyl halides is 2. The number of carbonyl (C=O) groups is 3. The van der Waals surface area contributed by atoms with Gasteiger partial charge in [0.25, 0.3) is 18.2 Å². The number of fused-ring (bicyclic) bond motifs is 2. The summed E-state index contributed by atoms with van der Waals surface area (Å²) in [6.45, 7) is 9.50. The van der Waals surface area contributed by atoms with Crippen molar-refractivity contribution in [1.29, 1.82) is 0 Å². The van der Waals surface area contributed by atoms with Crippen LogP contribution >= 0.6 is 0 Å². The molecule has 9 rings (SSSR count). The molecule has 5 aromatic rings. The molecule has 1 unspecified atom stereocenters. The first-order chi connectivity index (χ1) is 30.1. The fourth-order valence-corrected chi connectivity index (χ4v) is 9.84. The van der Waals surface area contributed by atoms with E-state index in [9.17, 15) is 23.2 Å². The number of halogens is 2. The summed E-state index contributed by atoms with van der Waals surface area (Å²) in [6.07, 6.45) is 10.1. The molecule has 16 nitrogen and oxygen atoms in total. The van der Waals surface area contributed by atoms with Crippen molar-refractivity contribution in [2.45, 2.75) is 109 Å². The lowest BCUT2D eigenvalue weighted by atomic mass is 9.85. The van der Waals surface area contributed by atoms with Crippen molar-refractivity contribution >= 4 is 45.8 Å². The van der Waals surface area contributed by atoms with Gasteiger partial charge in [0, 0.05) is 57.0 Å². The third-order valence-corrected chi connectivity index (χ3v) is 13.2. The molecule has 62 heavy (non-hydrogen) atoms. The van der Waals surface area contributed by atoms with Crippen LogP contribution in [0.3, 0.4) is 0 Å². The second-order valence-corrected chi connectivity index (χ2v) is 17.3. The Bertz CT molecular complexity index is 2420. The normalized spacial score (nSPS) is 23.1. The van der Waals surface area contributed by atoms with Crippen LogP contribution in [0.4, 0.5) is 20.3 Å². The van der Waals surface area contributed by atoms with Gasteiger partial charge < -0.3 is 24.6 Å². The minimum absolute atomic E-state index is 0.000941. The molecular formula is C44H55F2N11O5. The Morgan fingerprint density at radius 1 is 1.05 bits per heavy atom. The zero-order chi connectivity index (χ0) is 42.9. The highest BCUT2D eigenvalue weighted by atomic mass is 19.3. The van der Waals surface area contributed by atoms with Crippen molar-refractivity contribution in [3.8, 4) is 0 Å². The Kier molecular flexibility index (Phi) is 12.3. The first-order valence-electron chi connectivity index (χ1n) is 22.1. The second-order valence-electron chi connectivity index (χ2n) is 17.3. The number of aryl methyl sites for hydroxylation is 2. The van der Waals surface area contributed by atoms with Gasteiger partial charge in [0.15, 0.2) is 11.3 Å². The fraction of sp³-hybridized carbons (Fsp3) is 0.568. The monoisotopic (exact) mass is 855 g/mol. The number of benzene rings is 1. The number of anilines is 2. The zero-order valence-electron chi connectivity index (χ0n) is 35.3. The Labute approximate surface area is 358 Å². The molecular weight excluding hydrogens is 801 g/mol. The molecule has 330 valence electrons. The van der Waals surface area contributed by atoms with Gasteiger partial charge in [-0.15, -0.1) is 0 Å². The number of nitrogens with zero attached hydrogens (tertiary/aromatic N) is 9. The predicted octanol–water partition coefficient (Wildman–Crippen LogP) is 5.82. The van der Waals surface area contributed by atoms with Crippen LogP contribution in [0.2, 0.25) is 0 Å². The molecule has 2 atom stereocenters. The van der Waals surface area contributed by atoms with Crippen LogP contribution in [0.5, 0.6) is 0 Å². The SMILES string of the molecule is Cc1nn(C2CCC(=O)NC2=O)c2cccc(CCCOC3CCN(CC4CCC(n5cc(NC(=O)c6cnn7ccc(N8CCOC[C@H]8C)nc67)c(C(F)F)n5)CC4)CC3)c12. The molecule has 1 saturated carbocycles. The van der Waals surface area contributed by atoms with Crippen molar-refractivity contribution in [3.05, 3.63) is 65.4 Å². The number of likely N-dealkylation sites (tertiary alicyclic amines) is 1. The highest BCUT2D eigenvalue weighted by Gasteiger charge is 2.32. The lowest BCUT2D eigenvalue weighted by molar-refractivity contribution is -0.135. The van der Waals surface area contributed by atoms with E-state index in [2.05, 4.69) is 36.7 Å². The Balaban J connectivity index is 0.727. The van der Waals surface area contributed by atoms with Crippen molar-refractivity contribution < 1.29 is 32.6 Å². The van der Waals surface area contributed by atoms with E-state index in [-0.39, 0.29) is 41.3 Å². The number of amides is 3. The van der Waals surface area contributed by atoms with Crippen LogP contribution in [0.15, 0.2) is 42.9 Å². The van der Waals surface area contributed by atoms with E-state index in [0.717, 1.165) is 87.6 Å². The topological polar surface area (TPSA) is 166 Å². The van der Waals surface area contributed by atoms with E-state index in [4.69, 9.17) is 19.6 Å².